The Labute approximate surface area is 82.9 Å². The van der Waals surface area contributed by atoms with E-state index in [0.29, 0.717) is 19.3 Å². The summed E-state index contributed by atoms with van der Waals surface area (Å²) in [6.45, 7) is 0. The number of hydrogen-bond donors (Lipinski definition) is 0. The van der Waals surface area contributed by atoms with Crippen molar-refractivity contribution in [3.8, 4) is 0 Å². The molecule has 14 heavy (non-hydrogen) atoms. The van der Waals surface area contributed by atoms with E-state index in [-0.39, 0.29) is 5.82 Å². The van der Waals surface area contributed by atoms with Crippen molar-refractivity contribution >= 4 is 0 Å². The van der Waals surface area contributed by atoms with E-state index in [1.54, 1.807) is 12.1 Å². The van der Waals surface area contributed by atoms with Crippen molar-refractivity contribution in [2.45, 2.75) is 37.8 Å². The van der Waals surface area contributed by atoms with Crippen LogP contribution in [-0.4, -0.2) is 5.67 Å². The first-order chi connectivity index (χ1) is 6.68. The highest BCUT2D eigenvalue weighted by molar-refractivity contribution is 5.18. The first kappa shape index (κ1) is 9.63. The Morgan fingerprint density at radius 2 is 1.93 bits per heavy atom. The SMILES string of the molecule is Fc1cccc(CC2(F)CCCC2)c1. The minimum Gasteiger partial charge on any atom is -0.244 e. The average Bonchev–Trinajstić information content (AvgIpc) is 2.51. The molecular weight excluding hydrogens is 182 g/mol. The van der Waals surface area contributed by atoms with Crippen molar-refractivity contribution in [2.75, 3.05) is 0 Å². The molecule has 0 N–H and O–H groups in total. The van der Waals surface area contributed by atoms with E-state index in [2.05, 4.69) is 0 Å². The van der Waals surface area contributed by atoms with Gasteiger partial charge in [0.2, 0.25) is 0 Å². The zero-order valence-corrected chi connectivity index (χ0v) is 8.10. The monoisotopic (exact) mass is 196 g/mol. The number of benzene rings is 1. The van der Waals surface area contributed by atoms with Crippen LogP contribution in [0.25, 0.3) is 0 Å². The van der Waals surface area contributed by atoms with E-state index in [1.807, 2.05) is 0 Å². The van der Waals surface area contributed by atoms with Crippen molar-refractivity contribution < 1.29 is 8.78 Å². The van der Waals surface area contributed by atoms with Crippen LogP contribution in [-0.2, 0) is 6.42 Å². The molecule has 1 aliphatic rings. The quantitative estimate of drug-likeness (QED) is 0.677. The third-order valence-corrected chi connectivity index (χ3v) is 2.91. The van der Waals surface area contributed by atoms with E-state index >= 15 is 0 Å². The fourth-order valence-electron chi connectivity index (χ4n) is 2.20. The third kappa shape index (κ3) is 2.11. The summed E-state index contributed by atoms with van der Waals surface area (Å²) >= 11 is 0. The second-order valence-corrected chi connectivity index (χ2v) is 4.16. The summed E-state index contributed by atoms with van der Waals surface area (Å²) in [5, 5.41) is 0. The van der Waals surface area contributed by atoms with E-state index in [0.717, 1.165) is 18.4 Å². The fourth-order valence-corrected chi connectivity index (χ4v) is 2.20. The molecule has 1 aliphatic carbocycles. The van der Waals surface area contributed by atoms with Crippen LogP contribution in [0.4, 0.5) is 8.78 Å². The minimum atomic E-state index is -1.08. The van der Waals surface area contributed by atoms with E-state index in [1.165, 1.54) is 12.1 Å². The largest absolute Gasteiger partial charge is 0.244 e. The Kier molecular flexibility index (Phi) is 2.53. The summed E-state index contributed by atoms with van der Waals surface area (Å²) in [6.07, 6.45) is 3.55. The van der Waals surface area contributed by atoms with Gasteiger partial charge in [-0.1, -0.05) is 25.0 Å². The van der Waals surface area contributed by atoms with Crippen molar-refractivity contribution in [1.82, 2.24) is 0 Å². The van der Waals surface area contributed by atoms with Crippen molar-refractivity contribution in [2.24, 2.45) is 0 Å². The molecule has 0 aromatic heterocycles. The van der Waals surface area contributed by atoms with Gasteiger partial charge < -0.3 is 0 Å². The van der Waals surface area contributed by atoms with Crippen LogP contribution in [0.5, 0.6) is 0 Å². The van der Waals surface area contributed by atoms with Crippen molar-refractivity contribution in [1.29, 1.82) is 0 Å². The predicted molar refractivity (Wildman–Crippen MR) is 52.4 cm³/mol. The van der Waals surface area contributed by atoms with Crippen LogP contribution < -0.4 is 0 Å². The zero-order chi connectivity index (χ0) is 10.0. The third-order valence-electron chi connectivity index (χ3n) is 2.91. The van der Waals surface area contributed by atoms with Gasteiger partial charge in [0, 0.05) is 6.42 Å². The molecule has 2 heteroatoms. The summed E-state index contributed by atoms with van der Waals surface area (Å²) in [6, 6.07) is 6.26. The number of halogens is 2. The van der Waals surface area contributed by atoms with Crippen molar-refractivity contribution in [3.63, 3.8) is 0 Å². The summed E-state index contributed by atoms with van der Waals surface area (Å²) in [5.74, 6) is -0.274. The lowest BCUT2D eigenvalue weighted by molar-refractivity contribution is 0.173. The second kappa shape index (κ2) is 3.68. The van der Waals surface area contributed by atoms with Gasteiger partial charge in [-0.15, -0.1) is 0 Å². The predicted octanol–water partition coefficient (Wildman–Crippen LogP) is 3.65. The van der Waals surface area contributed by atoms with Gasteiger partial charge in [-0.2, -0.15) is 0 Å². The van der Waals surface area contributed by atoms with Gasteiger partial charge in [0.05, 0.1) is 0 Å². The standard InChI is InChI=1S/C12H14F2/c13-11-5-3-4-10(8-11)9-12(14)6-1-2-7-12/h3-5,8H,1-2,6-7,9H2. The molecule has 1 aromatic carbocycles. The molecule has 0 radical (unpaired) electrons. The summed E-state index contributed by atoms with van der Waals surface area (Å²) < 4.78 is 26.9. The molecule has 0 amide bonds. The number of alkyl halides is 1. The molecule has 0 aliphatic heterocycles. The number of hydrogen-bond acceptors (Lipinski definition) is 0. The summed E-state index contributed by atoms with van der Waals surface area (Å²) in [5.41, 5.74) is -0.303. The molecule has 1 fully saturated rings. The lowest BCUT2D eigenvalue weighted by Gasteiger charge is -2.18. The van der Waals surface area contributed by atoms with Gasteiger partial charge >= 0.3 is 0 Å². The van der Waals surface area contributed by atoms with Gasteiger partial charge in [0.1, 0.15) is 11.5 Å². The summed E-state index contributed by atoms with van der Waals surface area (Å²) in [4.78, 5) is 0. The molecular formula is C12H14F2. The maximum atomic E-state index is 14.0. The lowest BCUT2D eigenvalue weighted by atomic mass is 9.95. The van der Waals surface area contributed by atoms with Crippen LogP contribution >= 0.6 is 0 Å². The zero-order valence-electron chi connectivity index (χ0n) is 8.10. The molecule has 0 nitrogen and oxygen atoms in total. The lowest BCUT2D eigenvalue weighted by Crippen LogP contribution is -2.21. The topological polar surface area (TPSA) is 0 Å². The highest BCUT2D eigenvalue weighted by atomic mass is 19.1. The maximum Gasteiger partial charge on any atom is 0.123 e. The Balaban J connectivity index is 2.10. The van der Waals surface area contributed by atoms with Crippen molar-refractivity contribution in [3.05, 3.63) is 35.6 Å². The van der Waals surface area contributed by atoms with E-state index in [9.17, 15) is 8.78 Å². The Morgan fingerprint density at radius 1 is 1.21 bits per heavy atom. The molecule has 1 aromatic rings. The van der Waals surface area contributed by atoms with Crippen LogP contribution in [0.3, 0.4) is 0 Å². The van der Waals surface area contributed by atoms with Gasteiger partial charge in [0.25, 0.3) is 0 Å². The molecule has 0 unspecified atom stereocenters. The normalized spacial score (nSPS) is 19.9. The van der Waals surface area contributed by atoms with E-state index in [4.69, 9.17) is 0 Å². The molecule has 0 saturated heterocycles. The molecule has 0 spiro atoms. The average molecular weight is 196 g/mol. The van der Waals surface area contributed by atoms with Gasteiger partial charge in [-0.3, -0.25) is 0 Å². The molecule has 2 rings (SSSR count). The first-order valence-electron chi connectivity index (χ1n) is 5.11. The fraction of sp³-hybridized carbons (Fsp3) is 0.500. The van der Waals surface area contributed by atoms with Crippen LogP contribution in [0.1, 0.15) is 31.2 Å². The Morgan fingerprint density at radius 3 is 2.57 bits per heavy atom. The molecule has 76 valence electrons. The highest BCUT2D eigenvalue weighted by Crippen LogP contribution is 2.36. The van der Waals surface area contributed by atoms with Gasteiger partial charge in [-0.25, -0.2) is 8.78 Å². The molecule has 1 saturated carbocycles. The van der Waals surface area contributed by atoms with E-state index < -0.39 is 5.67 Å². The molecule has 0 bridgehead atoms. The molecule has 0 heterocycles. The second-order valence-electron chi connectivity index (χ2n) is 4.16. The molecule has 0 atom stereocenters. The van der Waals surface area contributed by atoms with Gasteiger partial charge in [-0.05, 0) is 30.5 Å². The number of rotatable bonds is 2. The Hall–Kier alpha value is -0.920. The van der Waals surface area contributed by atoms with Crippen LogP contribution in [0.15, 0.2) is 24.3 Å². The summed E-state index contributed by atoms with van der Waals surface area (Å²) in [7, 11) is 0. The minimum absolute atomic E-state index is 0.274. The van der Waals surface area contributed by atoms with Gasteiger partial charge in [0.15, 0.2) is 0 Å². The smallest absolute Gasteiger partial charge is 0.123 e. The maximum absolute atomic E-state index is 14.0. The van der Waals surface area contributed by atoms with Crippen LogP contribution in [0, 0.1) is 5.82 Å². The highest BCUT2D eigenvalue weighted by Gasteiger charge is 2.33. The van der Waals surface area contributed by atoms with Crippen LogP contribution in [0.2, 0.25) is 0 Å². The first-order valence-corrected chi connectivity index (χ1v) is 5.11. The Bertz CT molecular complexity index is 314.